The van der Waals surface area contributed by atoms with E-state index in [1.54, 1.807) is 24.3 Å². The average Bonchev–Trinajstić information content (AvgIpc) is 3.16. The summed E-state index contributed by atoms with van der Waals surface area (Å²) in [5.41, 5.74) is 2.48. The Kier molecular flexibility index (Phi) is 6.39. The molecule has 0 spiro atoms. The number of phenols is 1. The van der Waals surface area contributed by atoms with Gasteiger partial charge in [0.1, 0.15) is 22.0 Å². The Balaban J connectivity index is 1.93. The molecule has 0 aliphatic rings. The molecule has 9 heteroatoms. The van der Waals surface area contributed by atoms with E-state index < -0.39 is 10.2 Å². The molecule has 1 aromatic heterocycles. The molecule has 3 rings (SSSR count). The maximum absolute atomic E-state index is 10.3. The third kappa shape index (κ3) is 4.22. The molecule has 3 aromatic rings. The average molecular weight is 511 g/mol. The minimum Gasteiger partial charge on any atom is -0.508 e. The molecular formula is C19H16ClIN4O3. The lowest BCUT2D eigenvalue weighted by molar-refractivity contribution is 0.239. The lowest BCUT2D eigenvalue weighted by Crippen LogP contribution is -2.22. The van der Waals surface area contributed by atoms with Gasteiger partial charge >= 0.3 is 0 Å². The van der Waals surface area contributed by atoms with E-state index in [0.29, 0.717) is 28.3 Å². The van der Waals surface area contributed by atoms with E-state index in [1.165, 1.54) is 12.1 Å². The zero-order chi connectivity index (χ0) is 20.3. The van der Waals surface area contributed by atoms with Gasteiger partial charge in [-0.05, 0) is 71.0 Å². The van der Waals surface area contributed by atoms with Crippen molar-refractivity contribution in [2.75, 3.05) is 5.32 Å². The van der Waals surface area contributed by atoms with Crippen LogP contribution in [0.25, 0.3) is 11.5 Å². The number of anilines is 1. The van der Waals surface area contributed by atoms with Crippen LogP contribution in [0.15, 0.2) is 40.8 Å². The van der Waals surface area contributed by atoms with Crippen molar-refractivity contribution in [3.05, 3.63) is 58.4 Å². The zero-order valence-corrected chi connectivity index (χ0v) is 17.6. The second kappa shape index (κ2) is 8.77. The normalized spacial score (nSPS) is 13.0. The zero-order valence-electron chi connectivity index (χ0n) is 14.7. The molecule has 0 aliphatic heterocycles. The van der Waals surface area contributed by atoms with Gasteiger partial charge in [-0.2, -0.15) is 5.26 Å². The van der Waals surface area contributed by atoms with E-state index in [0.717, 1.165) is 5.56 Å². The Hall–Kier alpha value is -2.35. The lowest BCUT2D eigenvalue weighted by atomic mass is 10.1. The first-order valence-electron chi connectivity index (χ1n) is 8.37. The van der Waals surface area contributed by atoms with Gasteiger partial charge in [0.15, 0.2) is 0 Å². The molecule has 0 saturated carbocycles. The fourth-order valence-corrected chi connectivity index (χ4v) is 3.51. The number of nitrogens with one attached hydrogen (secondary N) is 1. The molecule has 7 nitrogen and oxygen atoms in total. The predicted molar refractivity (Wildman–Crippen MR) is 113 cm³/mol. The van der Waals surface area contributed by atoms with Crippen molar-refractivity contribution < 1.29 is 14.6 Å². The highest BCUT2D eigenvalue weighted by molar-refractivity contribution is 14.1. The van der Waals surface area contributed by atoms with Gasteiger partial charge in [0.05, 0.1) is 10.6 Å². The first-order valence-corrected chi connectivity index (χ1v) is 10.00. The van der Waals surface area contributed by atoms with Gasteiger partial charge in [-0.15, -0.1) is 10.2 Å². The second-order valence-corrected chi connectivity index (χ2v) is 7.56. The number of aliphatic hydroxyl groups excluding tert-OH is 1. The first kappa shape index (κ1) is 20.4. The van der Waals surface area contributed by atoms with Crippen molar-refractivity contribution in [1.29, 1.82) is 5.26 Å². The summed E-state index contributed by atoms with van der Waals surface area (Å²) >= 11 is 8.18. The summed E-state index contributed by atoms with van der Waals surface area (Å²) in [5.74, 6) is 0.607. The van der Waals surface area contributed by atoms with Crippen LogP contribution in [0.4, 0.5) is 5.69 Å². The number of benzene rings is 2. The largest absolute Gasteiger partial charge is 0.508 e. The van der Waals surface area contributed by atoms with Gasteiger partial charge in [-0.25, -0.2) is 0 Å². The Morgan fingerprint density at radius 3 is 2.57 bits per heavy atom. The topological polar surface area (TPSA) is 115 Å². The Morgan fingerprint density at radius 1 is 1.25 bits per heavy atom. The summed E-state index contributed by atoms with van der Waals surface area (Å²) in [6, 6.07) is 11.1. The molecule has 0 bridgehead atoms. The van der Waals surface area contributed by atoms with Crippen molar-refractivity contribution >= 4 is 39.9 Å². The van der Waals surface area contributed by atoms with Gasteiger partial charge in [0, 0.05) is 11.3 Å². The summed E-state index contributed by atoms with van der Waals surface area (Å²) in [7, 11) is 0. The molecule has 2 atom stereocenters. The van der Waals surface area contributed by atoms with Gasteiger partial charge in [-0.1, -0.05) is 18.5 Å². The number of aromatic nitrogens is 2. The van der Waals surface area contributed by atoms with Gasteiger partial charge in [0.2, 0.25) is 11.8 Å². The molecule has 0 amide bonds. The number of halogens is 2. The van der Waals surface area contributed by atoms with Crippen LogP contribution >= 0.6 is 34.2 Å². The van der Waals surface area contributed by atoms with Crippen LogP contribution in [0.1, 0.15) is 30.0 Å². The number of aromatic hydroxyl groups is 1. The molecule has 144 valence electrons. The number of alkyl halides is 1. The van der Waals surface area contributed by atoms with Crippen molar-refractivity contribution in [2.45, 2.75) is 23.5 Å². The molecule has 0 saturated heterocycles. The Morgan fingerprint density at radius 2 is 1.96 bits per heavy atom. The molecular weight excluding hydrogens is 495 g/mol. The highest BCUT2D eigenvalue weighted by Gasteiger charge is 2.26. The maximum atomic E-state index is 10.3. The molecule has 0 unspecified atom stereocenters. The molecule has 0 aliphatic carbocycles. The van der Waals surface area contributed by atoms with Crippen LogP contribution in [0.5, 0.6) is 5.75 Å². The molecule has 0 fully saturated rings. The fourth-order valence-electron chi connectivity index (χ4n) is 2.69. The number of phenolic OH excluding ortho intramolecular Hbond substituents is 1. The summed E-state index contributed by atoms with van der Waals surface area (Å²) < 4.78 is 4.87. The fraction of sp³-hybridized carbons (Fsp3) is 0.211. The number of hydrogen-bond donors (Lipinski definition) is 3. The molecule has 2 aromatic carbocycles. The van der Waals surface area contributed by atoms with Crippen molar-refractivity contribution in [2.24, 2.45) is 0 Å². The lowest BCUT2D eigenvalue weighted by Gasteiger charge is -2.21. The van der Waals surface area contributed by atoms with Gasteiger partial charge in [0.25, 0.3) is 0 Å². The third-order valence-electron chi connectivity index (χ3n) is 4.12. The van der Waals surface area contributed by atoms with Crippen LogP contribution in [-0.2, 0) is 6.42 Å². The highest BCUT2D eigenvalue weighted by Crippen LogP contribution is 2.33. The number of aliphatic hydroxyl groups is 1. The van der Waals surface area contributed by atoms with E-state index in [4.69, 9.17) is 21.3 Å². The minimum absolute atomic E-state index is 0.135. The number of nitriles is 1. The van der Waals surface area contributed by atoms with E-state index in [1.807, 2.05) is 29.5 Å². The van der Waals surface area contributed by atoms with Crippen molar-refractivity contribution in [3.63, 3.8) is 0 Å². The van der Waals surface area contributed by atoms with E-state index in [2.05, 4.69) is 21.6 Å². The summed E-state index contributed by atoms with van der Waals surface area (Å²) in [5, 5.41) is 40.5. The van der Waals surface area contributed by atoms with Crippen LogP contribution in [0, 0.1) is 11.3 Å². The van der Waals surface area contributed by atoms with E-state index >= 15 is 0 Å². The van der Waals surface area contributed by atoms with Crippen LogP contribution < -0.4 is 5.32 Å². The molecule has 3 N–H and O–H groups in total. The van der Waals surface area contributed by atoms with Gasteiger partial charge < -0.3 is 19.9 Å². The predicted octanol–water partition coefficient (Wildman–Crippen LogP) is 4.44. The van der Waals surface area contributed by atoms with Crippen LogP contribution in [0.2, 0.25) is 5.02 Å². The molecule has 28 heavy (non-hydrogen) atoms. The quantitative estimate of drug-likeness (QED) is 0.332. The maximum Gasteiger partial charge on any atom is 0.247 e. The molecule has 0 radical (unpaired) electrons. The van der Waals surface area contributed by atoms with Crippen LogP contribution in [0.3, 0.4) is 0 Å². The van der Waals surface area contributed by atoms with Crippen LogP contribution in [-0.4, -0.2) is 24.5 Å². The minimum atomic E-state index is -0.871. The highest BCUT2D eigenvalue weighted by atomic mass is 127. The van der Waals surface area contributed by atoms with E-state index in [-0.39, 0.29) is 17.5 Å². The van der Waals surface area contributed by atoms with Crippen molar-refractivity contribution in [1.82, 2.24) is 10.2 Å². The van der Waals surface area contributed by atoms with E-state index in [9.17, 15) is 10.2 Å². The van der Waals surface area contributed by atoms with Crippen molar-refractivity contribution in [3.8, 4) is 23.3 Å². The standard InChI is InChI=1S/C19H16ClIN4O3/c1-2-13-14(8-5-11(9-22)15(13)20)23-16(17(21)27)19-25-24-18(28-19)10-3-6-12(26)7-4-10/h3-8,16-17,23,26-27H,2H2,1H3/t16-,17+/m1/s1. The summed E-state index contributed by atoms with van der Waals surface area (Å²) in [6.07, 6.45) is 0.601. The summed E-state index contributed by atoms with van der Waals surface area (Å²) in [6.45, 7) is 1.93. The third-order valence-corrected chi connectivity index (χ3v) is 5.28. The van der Waals surface area contributed by atoms with Gasteiger partial charge in [-0.3, -0.25) is 0 Å². The Labute approximate surface area is 180 Å². The first-order chi connectivity index (χ1) is 13.4. The second-order valence-electron chi connectivity index (χ2n) is 5.91. The molecule has 1 heterocycles. The summed E-state index contributed by atoms with van der Waals surface area (Å²) in [4.78, 5) is 0. The number of rotatable bonds is 6. The smallest absolute Gasteiger partial charge is 0.247 e. The SMILES string of the molecule is CCc1c(N[C@@H](c2nnc(-c3ccc(O)cc3)o2)[C@H](O)I)ccc(C#N)c1Cl. The number of hydrogen-bond acceptors (Lipinski definition) is 7. The monoisotopic (exact) mass is 510 g/mol. The Bertz CT molecular complexity index is 1020. The number of nitrogens with zero attached hydrogens (tertiary/aromatic N) is 3.